The van der Waals surface area contributed by atoms with Crippen LogP contribution in [0.5, 0.6) is 0 Å². The number of hydrogen-bond acceptors (Lipinski definition) is 3. The Bertz CT molecular complexity index is 509. The highest BCUT2D eigenvalue weighted by atomic mass is 16.3. The Morgan fingerprint density at radius 2 is 2.25 bits per heavy atom. The van der Waals surface area contributed by atoms with E-state index in [2.05, 4.69) is 11.4 Å². The Morgan fingerprint density at radius 1 is 1.38 bits per heavy atom. The molecule has 3 nitrogen and oxygen atoms in total. The molecule has 0 aliphatic heterocycles. The third kappa shape index (κ3) is 2.23. The van der Waals surface area contributed by atoms with Crippen LogP contribution in [0, 0.1) is 18.3 Å². The fourth-order valence-corrected chi connectivity index (χ4v) is 1.47. The van der Waals surface area contributed by atoms with Gasteiger partial charge in [0.15, 0.2) is 0 Å². The number of aryl methyl sites for hydroxylation is 1. The molecule has 2 aromatic rings. The molecule has 0 spiro atoms. The number of nitrogens with one attached hydrogen (secondary N) is 1. The standard InChI is InChI=1S/C13H12N2O/c1-10-2-3-11(7-14)6-13(10)15-8-12-4-5-16-9-12/h2-6,9,15H,8H2,1H3. The molecule has 80 valence electrons. The maximum Gasteiger partial charge on any atom is 0.0992 e. The summed E-state index contributed by atoms with van der Waals surface area (Å²) in [6, 6.07) is 9.66. The van der Waals surface area contributed by atoms with Crippen molar-refractivity contribution in [3.8, 4) is 6.07 Å². The van der Waals surface area contributed by atoms with Crippen LogP contribution < -0.4 is 5.32 Å². The Labute approximate surface area is 94.3 Å². The summed E-state index contributed by atoms with van der Waals surface area (Å²) < 4.78 is 4.99. The number of hydrogen-bond donors (Lipinski definition) is 1. The van der Waals surface area contributed by atoms with Gasteiger partial charge in [0.1, 0.15) is 0 Å². The first-order chi connectivity index (χ1) is 7.79. The molecule has 1 aromatic heterocycles. The van der Waals surface area contributed by atoms with E-state index in [-0.39, 0.29) is 0 Å². The van der Waals surface area contributed by atoms with Crippen LogP contribution in [0.25, 0.3) is 0 Å². The Morgan fingerprint density at radius 3 is 2.94 bits per heavy atom. The lowest BCUT2D eigenvalue weighted by atomic mass is 10.1. The monoisotopic (exact) mass is 212 g/mol. The molecule has 0 amide bonds. The normalized spacial score (nSPS) is 9.75. The van der Waals surface area contributed by atoms with Crippen LogP contribution in [-0.4, -0.2) is 0 Å². The summed E-state index contributed by atoms with van der Waals surface area (Å²) in [7, 11) is 0. The summed E-state index contributed by atoms with van der Waals surface area (Å²) in [5.41, 5.74) is 3.87. The van der Waals surface area contributed by atoms with Crippen LogP contribution in [0.15, 0.2) is 41.2 Å². The molecule has 0 bridgehead atoms. The summed E-state index contributed by atoms with van der Waals surface area (Å²) in [6.45, 7) is 2.71. The second-order valence-corrected chi connectivity index (χ2v) is 3.63. The lowest BCUT2D eigenvalue weighted by Crippen LogP contribution is -2.00. The largest absolute Gasteiger partial charge is 0.472 e. The van der Waals surface area contributed by atoms with Crippen molar-refractivity contribution in [3.05, 3.63) is 53.5 Å². The third-order valence-corrected chi connectivity index (χ3v) is 2.43. The number of nitrogens with zero attached hydrogens (tertiary/aromatic N) is 1. The molecule has 0 saturated carbocycles. The molecule has 0 atom stereocenters. The van der Waals surface area contributed by atoms with Crippen LogP contribution in [0.1, 0.15) is 16.7 Å². The first-order valence-electron chi connectivity index (χ1n) is 5.05. The van der Waals surface area contributed by atoms with Crippen molar-refractivity contribution in [1.29, 1.82) is 5.26 Å². The van der Waals surface area contributed by atoms with Gasteiger partial charge in [-0.1, -0.05) is 6.07 Å². The van der Waals surface area contributed by atoms with E-state index in [0.717, 1.165) is 16.8 Å². The fraction of sp³-hybridized carbons (Fsp3) is 0.154. The number of furan rings is 1. The van der Waals surface area contributed by atoms with Gasteiger partial charge in [0, 0.05) is 17.8 Å². The lowest BCUT2D eigenvalue weighted by Gasteiger charge is -2.08. The average Bonchev–Trinajstić information content (AvgIpc) is 2.81. The quantitative estimate of drug-likeness (QED) is 0.850. The molecule has 3 heteroatoms. The van der Waals surface area contributed by atoms with E-state index < -0.39 is 0 Å². The van der Waals surface area contributed by atoms with Crippen LogP contribution in [-0.2, 0) is 6.54 Å². The van der Waals surface area contributed by atoms with Gasteiger partial charge in [-0.25, -0.2) is 0 Å². The molecule has 0 fully saturated rings. The number of nitriles is 1. The van der Waals surface area contributed by atoms with Gasteiger partial charge in [-0.3, -0.25) is 0 Å². The van der Waals surface area contributed by atoms with Crippen LogP contribution in [0.3, 0.4) is 0 Å². The van der Waals surface area contributed by atoms with E-state index in [1.807, 2.05) is 31.2 Å². The second kappa shape index (κ2) is 4.54. The van der Waals surface area contributed by atoms with E-state index in [1.165, 1.54) is 0 Å². The minimum atomic E-state index is 0.667. The molecular weight excluding hydrogens is 200 g/mol. The van der Waals surface area contributed by atoms with Crippen molar-refractivity contribution in [2.24, 2.45) is 0 Å². The van der Waals surface area contributed by atoms with E-state index in [0.29, 0.717) is 12.1 Å². The molecular formula is C13H12N2O. The molecule has 1 aromatic carbocycles. The van der Waals surface area contributed by atoms with Gasteiger partial charge in [0.2, 0.25) is 0 Å². The second-order valence-electron chi connectivity index (χ2n) is 3.63. The van der Waals surface area contributed by atoms with Gasteiger partial charge in [0.25, 0.3) is 0 Å². The molecule has 0 aliphatic carbocycles. The Kier molecular flexibility index (Phi) is 2.93. The summed E-state index contributed by atoms with van der Waals surface area (Å²) in [6.07, 6.45) is 3.35. The minimum absolute atomic E-state index is 0.667. The predicted molar refractivity (Wildman–Crippen MR) is 61.9 cm³/mol. The van der Waals surface area contributed by atoms with Crippen LogP contribution in [0.2, 0.25) is 0 Å². The first kappa shape index (κ1) is 10.3. The van der Waals surface area contributed by atoms with E-state index >= 15 is 0 Å². The molecule has 0 unspecified atom stereocenters. The van der Waals surface area contributed by atoms with Crippen molar-refractivity contribution >= 4 is 5.69 Å². The predicted octanol–water partition coefficient (Wildman–Crippen LogP) is 3.07. The zero-order chi connectivity index (χ0) is 11.4. The topological polar surface area (TPSA) is 49.0 Å². The third-order valence-electron chi connectivity index (χ3n) is 2.43. The molecule has 16 heavy (non-hydrogen) atoms. The summed E-state index contributed by atoms with van der Waals surface area (Å²) in [5.74, 6) is 0. The van der Waals surface area contributed by atoms with Gasteiger partial charge in [-0.05, 0) is 30.7 Å². The molecule has 2 rings (SSSR count). The first-order valence-corrected chi connectivity index (χ1v) is 5.05. The van der Waals surface area contributed by atoms with Crippen molar-refractivity contribution in [2.75, 3.05) is 5.32 Å². The summed E-state index contributed by atoms with van der Waals surface area (Å²) in [4.78, 5) is 0. The van der Waals surface area contributed by atoms with E-state index in [9.17, 15) is 0 Å². The number of rotatable bonds is 3. The smallest absolute Gasteiger partial charge is 0.0992 e. The Hall–Kier alpha value is -2.21. The highest BCUT2D eigenvalue weighted by molar-refractivity contribution is 5.55. The zero-order valence-electron chi connectivity index (χ0n) is 9.03. The van der Waals surface area contributed by atoms with Gasteiger partial charge < -0.3 is 9.73 Å². The highest BCUT2D eigenvalue weighted by Gasteiger charge is 2.00. The molecule has 1 N–H and O–H groups in total. The molecule has 1 heterocycles. The SMILES string of the molecule is Cc1ccc(C#N)cc1NCc1ccoc1. The summed E-state index contributed by atoms with van der Waals surface area (Å²) >= 11 is 0. The van der Waals surface area contributed by atoms with Gasteiger partial charge in [0.05, 0.1) is 24.2 Å². The van der Waals surface area contributed by atoms with Crippen molar-refractivity contribution < 1.29 is 4.42 Å². The fourth-order valence-electron chi connectivity index (χ4n) is 1.47. The van der Waals surface area contributed by atoms with Gasteiger partial charge in [-0.2, -0.15) is 5.26 Å². The van der Waals surface area contributed by atoms with Crippen molar-refractivity contribution in [3.63, 3.8) is 0 Å². The highest BCUT2D eigenvalue weighted by Crippen LogP contribution is 2.17. The van der Waals surface area contributed by atoms with E-state index in [1.54, 1.807) is 12.5 Å². The molecule has 0 aliphatic rings. The maximum absolute atomic E-state index is 8.81. The average molecular weight is 212 g/mol. The lowest BCUT2D eigenvalue weighted by molar-refractivity contribution is 0.564. The minimum Gasteiger partial charge on any atom is -0.472 e. The molecule has 0 saturated heterocycles. The summed E-state index contributed by atoms with van der Waals surface area (Å²) in [5, 5.41) is 12.1. The molecule has 0 radical (unpaired) electrons. The number of anilines is 1. The Balaban J connectivity index is 2.12. The van der Waals surface area contributed by atoms with Crippen LogP contribution >= 0.6 is 0 Å². The zero-order valence-corrected chi connectivity index (χ0v) is 9.03. The van der Waals surface area contributed by atoms with E-state index in [4.69, 9.17) is 9.68 Å². The number of benzene rings is 1. The van der Waals surface area contributed by atoms with Crippen LogP contribution in [0.4, 0.5) is 5.69 Å². The van der Waals surface area contributed by atoms with Crippen molar-refractivity contribution in [2.45, 2.75) is 13.5 Å². The van der Waals surface area contributed by atoms with Gasteiger partial charge in [-0.15, -0.1) is 0 Å². The maximum atomic E-state index is 8.81. The van der Waals surface area contributed by atoms with Crippen molar-refractivity contribution in [1.82, 2.24) is 0 Å². The van der Waals surface area contributed by atoms with Gasteiger partial charge >= 0.3 is 0 Å².